The molecule has 9 aromatic carbocycles. The number of para-hydroxylation sites is 3. The van der Waals surface area contributed by atoms with E-state index in [1.807, 2.05) is 121 Å². The van der Waals surface area contributed by atoms with E-state index in [2.05, 4.69) is 98.1 Å². The number of hydrogen-bond donors (Lipinski definition) is 6. The average molecular weight is 1360 g/mol. The predicted molar refractivity (Wildman–Crippen MR) is 373 cm³/mol. The molecule has 0 atom stereocenters. The molecule has 0 aliphatic carbocycles. The highest BCUT2D eigenvalue weighted by Gasteiger charge is 2.15. The van der Waals surface area contributed by atoms with E-state index in [1.54, 1.807) is 66.7 Å². The molecule has 6 N–H and O–H groups in total. The molecule has 91 heavy (non-hydrogen) atoms. The molecule has 0 radical (unpaired) electrons. The molecule has 3 aromatic heterocycles. The number of benzene rings is 9. The molecule has 0 bridgehead atoms. The van der Waals surface area contributed by atoms with Crippen LogP contribution in [-0.4, -0.2) is 73.9 Å². The SMILES string of the molecule is CC(C)c1ccc(/C=C/c2nc3ccc(-c4ccccc4NS(C)(=O)=O)cc3[nH]2)cc1.CS(=O)(=O)Nc1ccccc1-c1ccc2nc(/C=C/c3ccc(F)c(Br)c3)[nH]c2c1.CS(=O)(=O)Nc1ccccc1-c1ccc2nc(/C=C/c3ccc(F)c(Cl)c3)[nH]c2c1. The Balaban J connectivity index is 0.000000150. The van der Waals surface area contributed by atoms with E-state index in [-0.39, 0.29) is 10.8 Å². The van der Waals surface area contributed by atoms with Gasteiger partial charge in [-0.05, 0) is 158 Å². The molecule has 22 heteroatoms. The molecule has 0 spiro atoms. The Morgan fingerprint density at radius 2 is 0.769 bits per heavy atom. The number of sulfonamides is 3. The molecule has 12 aromatic rings. The summed E-state index contributed by atoms with van der Waals surface area (Å²) in [5.41, 5.74) is 15.5. The van der Waals surface area contributed by atoms with Gasteiger partial charge in [-0.15, -0.1) is 0 Å². The summed E-state index contributed by atoms with van der Waals surface area (Å²) in [5.74, 6) is 1.79. The number of aromatic nitrogens is 6. The van der Waals surface area contributed by atoms with Crippen LogP contribution in [0.4, 0.5) is 25.8 Å². The van der Waals surface area contributed by atoms with Gasteiger partial charge in [0.05, 0.1) is 78.4 Å². The molecular weight excluding hydrogens is 1300 g/mol. The van der Waals surface area contributed by atoms with Gasteiger partial charge >= 0.3 is 0 Å². The van der Waals surface area contributed by atoms with Crippen molar-refractivity contribution in [3.63, 3.8) is 0 Å². The Bertz CT molecular complexity index is 4920. The number of imidazole rings is 3. The van der Waals surface area contributed by atoms with Crippen molar-refractivity contribution in [2.45, 2.75) is 19.8 Å². The highest BCUT2D eigenvalue weighted by molar-refractivity contribution is 9.10. The van der Waals surface area contributed by atoms with Gasteiger partial charge < -0.3 is 15.0 Å². The third kappa shape index (κ3) is 17.5. The second kappa shape index (κ2) is 27.7. The minimum atomic E-state index is -3.40. The Kier molecular flexibility index (Phi) is 19.6. The average Bonchev–Trinajstić information content (AvgIpc) is 1.81. The number of anilines is 3. The van der Waals surface area contributed by atoms with Crippen molar-refractivity contribution in [1.82, 2.24) is 29.9 Å². The van der Waals surface area contributed by atoms with Gasteiger partial charge in [-0.2, -0.15) is 0 Å². The minimum Gasteiger partial charge on any atom is -0.338 e. The smallest absolute Gasteiger partial charge is 0.229 e. The van der Waals surface area contributed by atoms with Gasteiger partial charge in [0.25, 0.3) is 0 Å². The summed E-state index contributed by atoms with van der Waals surface area (Å²) in [6.07, 6.45) is 14.6. The van der Waals surface area contributed by atoms with Crippen molar-refractivity contribution in [1.29, 1.82) is 0 Å². The van der Waals surface area contributed by atoms with Gasteiger partial charge in [0.1, 0.15) is 29.1 Å². The monoisotopic (exact) mass is 1360 g/mol. The summed E-state index contributed by atoms with van der Waals surface area (Å²) in [6.45, 7) is 4.37. The summed E-state index contributed by atoms with van der Waals surface area (Å²) in [7, 11) is -10.2. The van der Waals surface area contributed by atoms with Crippen LogP contribution in [0.1, 0.15) is 59.5 Å². The van der Waals surface area contributed by atoms with E-state index < -0.39 is 35.9 Å². The fourth-order valence-electron chi connectivity index (χ4n) is 9.65. The number of nitrogens with one attached hydrogen (secondary N) is 6. The summed E-state index contributed by atoms with van der Waals surface area (Å²) in [4.78, 5) is 23.5. The maximum atomic E-state index is 13.4. The molecule has 15 nitrogen and oxygen atoms in total. The Morgan fingerprint density at radius 3 is 1.12 bits per heavy atom. The number of rotatable bonds is 16. The number of halogens is 4. The minimum absolute atomic E-state index is 0.0627. The van der Waals surface area contributed by atoms with Crippen molar-refractivity contribution in [2.75, 3.05) is 32.9 Å². The summed E-state index contributed by atoms with van der Waals surface area (Å²) in [5, 5.41) is 0.0627. The normalized spacial score (nSPS) is 12.0. The number of fused-ring (bicyclic) bond motifs is 3. The lowest BCUT2D eigenvalue weighted by Crippen LogP contribution is -2.10. The molecule has 12 rings (SSSR count). The zero-order chi connectivity index (χ0) is 64.6. The van der Waals surface area contributed by atoms with Crippen LogP contribution in [0.5, 0.6) is 0 Å². The number of hydrogen-bond acceptors (Lipinski definition) is 9. The zero-order valence-electron chi connectivity index (χ0n) is 49.5. The van der Waals surface area contributed by atoms with Crippen molar-refractivity contribution in [2.24, 2.45) is 0 Å². The zero-order valence-corrected chi connectivity index (χ0v) is 54.3. The molecule has 0 aliphatic heterocycles. The number of H-pyrrole nitrogens is 3. The highest BCUT2D eigenvalue weighted by atomic mass is 79.9. The Morgan fingerprint density at radius 1 is 0.429 bits per heavy atom. The van der Waals surface area contributed by atoms with Crippen LogP contribution in [-0.2, 0) is 30.1 Å². The third-order valence-corrected chi connectivity index (χ3v) is 16.6. The van der Waals surface area contributed by atoms with Gasteiger partial charge in [0.2, 0.25) is 30.1 Å². The van der Waals surface area contributed by atoms with Gasteiger partial charge in [0, 0.05) is 16.7 Å². The summed E-state index contributed by atoms with van der Waals surface area (Å²) < 4.78 is 105. The van der Waals surface area contributed by atoms with E-state index in [0.29, 0.717) is 39.1 Å². The topological polar surface area (TPSA) is 225 Å². The largest absolute Gasteiger partial charge is 0.338 e. The molecule has 462 valence electrons. The molecule has 0 aliphatic rings. The third-order valence-electron chi connectivity index (χ3n) is 13.9. The maximum absolute atomic E-state index is 13.4. The first kappa shape index (κ1) is 64.5. The van der Waals surface area contributed by atoms with Crippen LogP contribution in [0, 0.1) is 11.6 Å². The van der Waals surface area contributed by atoms with E-state index in [9.17, 15) is 34.0 Å². The first-order chi connectivity index (χ1) is 43.3. The van der Waals surface area contributed by atoms with E-state index >= 15 is 0 Å². The second-order valence-electron chi connectivity index (χ2n) is 21.5. The second-order valence-corrected chi connectivity index (χ2v) is 28.0. The van der Waals surface area contributed by atoms with Crippen LogP contribution in [0.25, 0.3) is 103 Å². The van der Waals surface area contributed by atoms with E-state index in [0.717, 1.165) is 108 Å². The summed E-state index contributed by atoms with van der Waals surface area (Å²) in [6, 6.07) is 56.8. The molecule has 0 saturated carbocycles. The van der Waals surface area contributed by atoms with Crippen LogP contribution in [0.3, 0.4) is 0 Å². The lowest BCUT2D eigenvalue weighted by Gasteiger charge is -2.10. The summed E-state index contributed by atoms with van der Waals surface area (Å²) >= 11 is 8.99. The Hall–Kier alpha value is -9.51. The van der Waals surface area contributed by atoms with Gasteiger partial charge in [0.15, 0.2) is 0 Å². The van der Waals surface area contributed by atoms with Crippen LogP contribution < -0.4 is 14.2 Å². The lowest BCUT2D eigenvalue weighted by molar-refractivity contribution is 0.605. The van der Waals surface area contributed by atoms with Gasteiger partial charge in [-0.1, -0.05) is 153 Å². The van der Waals surface area contributed by atoms with Crippen LogP contribution in [0.15, 0.2) is 193 Å². The maximum Gasteiger partial charge on any atom is 0.229 e. The van der Waals surface area contributed by atoms with Crippen molar-refractivity contribution >= 4 is 144 Å². The number of nitrogens with zero attached hydrogens (tertiary/aromatic N) is 3. The predicted octanol–water partition coefficient (Wildman–Crippen LogP) is 17.1. The van der Waals surface area contributed by atoms with Gasteiger partial charge in [-0.3, -0.25) is 14.2 Å². The quantitative estimate of drug-likeness (QED) is 0.0540. The molecule has 0 saturated heterocycles. The fraction of sp³-hybridized carbons (Fsp3) is 0.0870. The van der Waals surface area contributed by atoms with Crippen LogP contribution >= 0.6 is 27.5 Å². The molecule has 0 unspecified atom stereocenters. The van der Waals surface area contributed by atoms with Crippen molar-refractivity contribution in [3.8, 4) is 33.4 Å². The molecule has 0 fully saturated rings. The van der Waals surface area contributed by atoms with Crippen molar-refractivity contribution in [3.05, 3.63) is 249 Å². The van der Waals surface area contributed by atoms with E-state index in [4.69, 9.17) is 11.6 Å². The molecule has 3 heterocycles. The molecular formula is C69H59BrClF2N9O6S3. The fourth-order valence-corrected chi connectivity index (χ4v) is 12.0. The number of aromatic amines is 3. The Labute approximate surface area is 539 Å². The standard InChI is InChI=1S/C25H25N3O2S.C22H17BrFN3O2S.C22H17ClFN3O2S/c1-17(2)19-11-8-18(9-12-19)10-15-25-26-23-14-13-20(16-24(23)27-25)21-6-4-5-7-22(21)28-31(3,29)30;2*1-30(28,29)27-19-5-3-2-4-16(19)15-8-10-20-21(13-15)26-22(25-20)11-7-14-6-9-18(24)17(23)12-14/h4-17,28H,1-3H3,(H,26,27);2*2-13,27H,1H3,(H,25,26)/b15-10+;2*11-7+. The van der Waals surface area contributed by atoms with E-state index in [1.165, 1.54) is 17.7 Å². The molecule has 0 amide bonds. The lowest BCUT2D eigenvalue weighted by atomic mass is 10.0. The van der Waals surface area contributed by atoms with Crippen LogP contribution in [0.2, 0.25) is 5.02 Å². The van der Waals surface area contributed by atoms with Crippen molar-refractivity contribution < 1.29 is 34.0 Å². The highest BCUT2D eigenvalue weighted by Crippen LogP contribution is 2.34. The van der Waals surface area contributed by atoms with Gasteiger partial charge in [-0.25, -0.2) is 49.0 Å². The first-order valence-corrected chi connectivity index (χ1v) is 34.9. The first-order valence-electron chi connectivity index (χ1n) is 28.1.